The minimum Gasteiger partial charge on any atom is -0.348 e. The van der Waals surface area contributed by atoms with E-state index in [0.717, 1.165) is 13.0 Å². The van der Waals surface area contributed by atoms with Crippen molar-refractivity contribution >= 4 is 26.7 Å². The molecule has 86 valence electrons. The molecule has 2 heteroatoms. The molecule has 1 nitrogen and oxygen atoms in total. The van der Waals surface area contributed by atoms with E-state index >= 15 is 0 Å². The van der Waals surface area contributed by atoms with E-state index in [2.05, 4.69) is 59.5 Å². The zero-order valence-electron chi connectivity index (χ0n) is 10.2. The maximum Gasteiger partial charge on any atom is 0.0253 e. The summed E-state index contributed by atoms with van der Waals surface area (Å²) >= 11 is 3.56. The highest BCUT2D eigenvalue weighted by Gasteiger charge is 2.11. The molecule has 0 saturated carbocycles. The minimum absolute atomic E-state index is 1.10. The van der Waals surface area contributed by atoms with Gasteiger partial charge in [-0.1, -0.05) is 35.8 Å². The zero-order valence-corrected chi connectivity index (χ0v) is 11.8. The molecule has 0 unspecified atom stereocenters. The smallest absolute Gasteiger partial charge is 0.0253 e. The second kappa shape index (κ2) is 4.62. The van der Waals surface area contributed by atoms with Gasteiger partial charge in [-0.3, -0.25) is 0 Å². The van der Waals surface area contributed by atoms with Crippen LogP contribution >= 0.6 is 15.9 Å². The molecule has 1 aromatic carbocycles. The largest absolute Gasteiger partial charge is 0.348 e. The van der Waals surface area contributed by atoms with E-state index in [1.165, 1.54) is 33.1 Å². The molecule has 16 heavy (non-hydrogen) atoms. The molecule has 0 spiro atoms. The summed E-state index contributed by atoms with van der Waals surface area (Å²) in [6, 6.07) is 6.60. The highest BCUT2D eigenvalue weighted by molar-refractivity contribution is 9.10. The predicted molar refractivity (Wildman–Crippen MR) is 74.0 cm³/mol. The van der Waals surface area contributed by atoms with Crippen molar-refractivity contribution in [1.29, 1.82) is 0 Å². The summed E-state index contributed by atoms with van der Waals surface area (Å²) in [5.74, 6) is 0. The third-order valence-corrected chi connectivity index (χ3v) is 3.69. The van der Waals surface area contributed by atoms with Crippen LogP contribution in [0.1, 0.15) is 31.7 Å². The Hall–Kier alpha value is -0.760. The quantitative estimate of drug-likeness (QED) is 0.769. The van der Waals surface area contributed by atoms with E-state index in [1.54, 1.807) is 0 Å². The molecule has 0 bridgehead atoms. The fourth-order valence-corrected chi connectivity index (χ4v) is 2.83. The molecular weight excluding hydrogens is 262 g/mol. The van der Waals surface area contributed by atoms with Gasteiger partial charge in [-0.05, 0) is 31.9 Å². The lowest BCUT2D eigenvalue weighted by atomic mass is 10.1. The molecule has 2 rings (SSSR count). The summed E-state index contributed by atoms with van der Waals surface area (Å²) in [5.41, 5.74) is 2.87. The Labute approximate surface area is 106 Å². The van der Waals surface area contributed by atoms with Crippen LogP contribution in [0.25, 0.3) is 10.8 Å². The van der Waals surface area contributed by atoms with E-state index < -0.39 is 0 Å². The number of benzene rings is 1. The first-order valence-electron chi connectivity index (χ1n) is 5.96. The first-order chi connectivity index (χ1) is 7.69. The number of halogens is 1. The summed E-state index contributed by atoms with van der Waals surface area (Å²) in [5, 5.41) is 2.80. The van der Waals surface area contributed by atoms with Crippen LogP contribution in [0.3, 0.4) is 0 Å². The lowest BCUT2D eigenvalue weighted by Crippen LogP contribution is -2.03. The molecule has 0 saturated heterocycles. The van der Waals surface area contributed by atoms with Crippen molar-refractivity contribution in [3.63, 3.8) is 0 Å². The standard InChI is InChI=1S/C14H18BrN/c1-4-8-16-10(3)12-7-6-11(15)9-13(12)14(16)5-2/h6-7,9H,4-5,8H2,1-3H3. The van der Waals surface area contributed by atoms with Gasteiger partial charge in [0.25, 0.3) is 0 Å². The number of rotatable bonds is 3. The zero-order chi connectivity index (χ0) is 11.7. The molecule has 0 atom stereocenters. The minimum atomic E-state index is 1.10. The number of aryl methyl sites for hydroxylation is 2. The lowest BCUT2D eigenvalue weighted by Gasteiger charge is -2.08. The van der Waals surface area contributed by atoms with E-state index in [4.69, 9.17) is 0 Å². The number of aromatic nitrogens is 1. The molecule has 1 aromatic heterocycles. The van der Waals surface area contributed by atoms with Crippen molar-refractivity contribution in [2.24, 2.45) is 0 Å². The van der Waals surface area contributed by atoms with Crippen LogP contribution < -0.4 is 0 Å². The van der Waals surface area contributed by atoms with Crippen LogP contribution in [0.5, 0.6) is 0 Å². The van der Waals surface area contributed by atoms with Crippen molar-refractivity contribution < 1.29 is 0 Å². The van der Waals surface area contributed by atoms with Crippen LogP contribution in [-0.2, 0) is 13.0 Å². The van der Waals surface area contributed by atoms with Crippen molar-refractivity contribution in [2.45, 2.75) is 40.2 Å². The highest BCUT2D eigenvalue weighted by Crippen LogP contribution is 2.29. The van der Waals surface area contributed by atoms with Gasteiger partial charge in [0.15, 0.2) is 0 Å². The number of hydrogen-bond donors (Lipinski definition) is 0. The molecule has 0 N–H and O–H groups in total. The molecule has 0 aliphatic heterocycles. The Kier molecular flexibility index (Phi) is 3.38. The van der Waals surface area contributed by atoms with Gasteiger partial charge in [0, 0.05) is 33.2 Å². The predicted octanol–water partition coefficient (Wildman–Crippen LogP) is 4.68. The van der Waals surface area contributed by atoms with Crippen molar-refractivity contribution in [3.8, 4) is 0 Å². The van der Waals surface area contributed by atoms with Crippen LogP contribution in [-0.4, -0.2) is 4.57 Å². The average molecular weight is 280 g/mol. The number of nitrogens with zero attached hydrogens (tertiary/aromatic N) is 1. The van der Waals surface area contributed by atoms with E-state index in [-0.39, 0.29) is 0 Å². The highest BCUT2D eigenvalue weighted by atomic mass is 79.9. The summed E-state index contributed by atoms with van der Waals surface area (Å²) in [7, 11) is 0. The van der Waals surface area contributed by atoms with Gasteiger partial charge in [-0.2, -0.15) is 0 Å². The Morgan fingerprint density at radius 2 is 1.94 bits per heavy atom. The summed E-state index contributed by atoms with van der Waals surface area (Å²) in [6.07, 6.45) is 2.29. The Balaban J connectivity index is 2.74. The average Bonchev–Trinajstić information content (AvgIpc) is 2.52. The molecule has 0 amide bonds. The Morgan fingerprint density at radius 1 is 1.19 bits per heavy atom. The first kappa shape index (κ1) is 11.7. The van der Waals surface area contributed by atoms with Crippen molar-refractivity contribution in [1.82, 2.24) is 4.57 Å². The molecule has 0 fully saturated rings. The first-order valence-corrected chi connectivity index (χ1v) is 6.75. The van der Waals surface area contributed by atoms with Gasteiger partial charge in [0.05, 0.1) is 0 Å². The van der Waals surface area contributed by atoms with Crippen LogP contribution in [0, 0.1) is 6.92 Å². The summed E-state index contributed by atoms with van der Waals surface area (Å²) in [6.45, 7) is 7.83. The molecule has 2 aromatic rings. The SMILES string of the molecule is CCCn1c(C)c2ccc(Br)cc2c1CC. The van der Waals surface area contributed by atoms with Gasteiger partial charge in [-0.25, -0.2) is 0 Å². The van der Waals surface area contributed by atoms with E-state index in [1.807, 2.05) is 0 Å². The van der Waals surface area contributed by atoms with Crippen molar-refractivity contribution in [2.75, 3.05) is 0 Å². The molecular formula is C14H18BrN. The Morgan fingerprint density at radius 3 is 2.56 bits per heavy atom. The topological polar surface area (TPSA) is 4.93 Å². The van der Waals surface area contributed by atoms with Gasteiger partial charge >= 0.3 is 0 Å². The maximum atomic E-state index is 3.56. The van der Waals surface area contributed by atoms with Crippen molar-refractivity contribution in [3.05, 3.63) is 34.1 Å². The monoisotopic (exact) mass is 279 g/mol. The Bertz CT molecular complexity index is 511. The van der Waals surface area contributed by atoms with Crippen LogP contribution in [0.2, 0.25) is 0 Å². The third-order valence-electron chi connectivity index (χ3n) is 3.20. The number of hydrogen-bond acceptors (Lipinski definition) is 0. The fourth-order valence-electron chi connectivity index (χ4n) is 2.47. The van der Waals surface area contributed by atoms with E-state index in [0.29, 0.717) is 0 Å². The maximum absolute atomic E-state index is 3.56. The molecule has 1 heterocycles. The number of fused-ring (bicyclic) bond motifs is 1. The van der Waals surface area contributed by atoms with Crippen LogP contribution in [0.4, 0.5) is 0 Å². The fraction of sp³-hybridized carbons (Fsp3) is 0.429. The van der Waals surface area contributed by atoms with Gasteiger partial charge in [0.1, 0.15) is 0 Å². The molecule has 0 aliphatic rings. The third kappa shape index (κ3) is 1.80. The lowest BCUT2D eigenvalue weighted by molar-refractivity contribution is 0.640. The summed E-state index contributed by atoms with van der Waals surface area (Å²) < 4.78 is 3.64. The second-order valence-corrected chi connectivity index (χ2v) is 5.14. The normalized spacial score (nSPS) is 11.2. The molecule has 0 aliphatic carbocycles. The second-order valence-electron chi connectivity index (χ2n) is 4.23. The molecule has 0 radical (unpaired) electrons. The van der Waals surface area contributed by atoms with E-state index in [9.17, 15) is 0 Å². The van der Waals surface area contributed by atoms with Gasteiger partial charge < -0.3 is 4.57 Å². The van der Waals surface area contributed by atoms with Gasteiger partial charge in [-0.15, -0.1) is 0 Å². The summed E-state index contributed by atoms with van der Waals surface area (Å²) in [4.78, 5) is 0. The van der Waals surface area contributed by atoms with Gasteiger partial charge in [0.2, 0.25) is 0 Å². The van der Waals surface area contributed by atoms with Crippen LogP contribution in [0.15, 0.2) is 22.7 Å².